The first-order chi connectivity index (χ1) is 12.0. The number of benzene rings is 2. The van der Waals surface area contributed by atoms with E-state index >= 15 is 0 Å². The second kappa shape index (κ2) is 6.97. The second-order valence-corrected chi connectivity index (χ2v) is 6.59. The summed E-state index contributed by atoms with van der Waals surface area (Å²) < 4.78 is 0. The molecule has 2 N–H and O–H groups in total. The van der Waals surface area contributed by atoms with Crippen LogP contribution in [0.5, 0.6) is 0 Å². The lowest BCUT2D eigenvalue weighted by molar-refractivity contribution is -0.120. The van der Waals surface area contributed by atoms with Crippen LogP contribution in [-0.2, 0) is 9.59 Å². The van der Waals surface area contributed by atoms with Gasteiger partial charge in [0.15, 0.2) is 0 Å². The minimum atomic E-state index is -0.367. The Morgan fingerprint density at radius 2 is 1.76 bits per heavy atom. The monoisotopic (exact) mass is 337 g/mol. The molecule has 1 atom stereocenters. The van der Waals surface area contributed by atoms with Crippen LogP contribution in [0, 0.1) is 0 Å². The zero-order valence-corrected chi connectivity index (χ0v) is 14.6. The van der Waals surface area contributed by atoms with Crippen LogP contribution in [0.15, 0.2) is 54.6 Å². The van der Waals surface area contributed by atoms with Crippen molar-refractivity contribution in [1.29, 1.82) is 0 Å². The minimum absolute atomic E-state index is 0.00104. The minimum Gasteiger partial charge on any atom is -0.369 e. The molecule has 0 saturated carbocycles. The summed E-state index contributed by atoms with van der Waals surface area (Å²) in [6, 6.07) is 17.3. The van der Waals surface area contributed by atoms with Crippen LogP contribution in [-0.4, -0.2) is 30.9 Å². The third-order valence-corrected chi connectivity index (χ3v) is 4.54. The predicted octanol–water partition coefficient (Wildman–Crippen LogP) is 2.52. The number of carbonyl (C=O) groups excluding carboxylic acids is 2. The van der Waals surface area contributed by atoms with E-state index in [1.54, 1.807) is 4.90 Å². The molecule has 0 radical (unpaired) electrons. The first-order valence-corrected chi connectivity index (χ1v) is 8.49. The van der Waals surface area contributed by atoms with Crippen molar-refractivity contribution in [2.45, 2.75) is 25.8 Å². The third-order valence-electron chi connectivity index (χ3n) is 4.54. The molecule has 5 nitrogen and oxygen atoms in total. The van der Waals surface area contributed by atoms with Crippen molar-refractivity contribution in [2.75, 3.05) is 22.9 Å². The molecule has 1 aliphatic rings. The van der Waals surface area contributed by atoms with Crippen molar-refractivity contribution in [3.8, 4) is 0 Å². The van der Waals surface area contributed by atoms with Gasteiger partial charge in [-0.1, -0.05) is 36.4 Å². The van der Waals surface area contributed by atoms with Crippen LogP contribution in [0.4, 0.5) is 11.4 Å². The molecule has 0 fully saturated rings. The number of hydrogen-bond donors (Lipinski definition) is 1. The van der Waals surface area contributed by atoms with Crippen LogP contribution in [0.25, 0.3) is 0 Å². The van der Waals surface area contributed by atoms with Gasteiger partial charge in [0.2, 0.25) is 11.8 Å². The van der Waals surface area contributed by atoms with Crippen molar-refractivity contribution in [3.63, 3.8) is 0 Å². The number of nitrogens with two attached hydrogens (primary N) is 1. The highest BCUT2D eigenvalue weighted by molar-refractivity contribution is 5.98. The molecule has 0 unspecified atom stereocenters. The van der Waals surface area contributed by atoms with Gasteiger partial charge in [-0.15, -0.1) is 0 Å². The number of amides is 2. The van der Waals surface area contributed by atoms with E-state index in [2.05, 4.69) is 0 Å². The first kappa shape index (κ1) is 17.0. The number of nitrogens with zero attached hydrogens (tertiary/aromatic N) is 2. The molecule has 1 aliphatic heterocycles. The van der Waals surface area contributed by atoms with Crippen molar-refractivity contribution in [2.24, 2.45) is 5.73 Å². The molecule has 3 rings (SSSR count). The Bertz CT molecular complexity index is 774. The Hall–Kier alpha value is -2.82. The summed E-state index contributed by atoms with van der Waals surface area (Å²) in [5.74, 6) is -0.722. The number of fused-ring (bicyclic) bond motifs is 1. The predicted molar refractivity (Wildman–Crippen MR) is 99.7 cm³/mol. The highest BCUT2D eigenvalue weighted by Gasteiger charge is 2.34. The quantitative estimate of drug-likeness (QED) is 0.912. The van der Waals surface area contributed by atoms with Gasteiger partial charge in [-0.2, -0.15) is 0 Å². The fourth-order valence-electron chi connectivity index (χ4n) is 3.44. The molecule has 2 amide bonds. The van der Waals surface area contributed by atoms with E-state index in [1.165, 1.54) is 0 Å². The van der Waals surface area contributed by atoms with E-state index in [1.807, 2.05) is 73.3 Å². The molecule has 2 aromatic carbocycles. The molecule has 5 heteroatoms. The lowest BCUT2D eigenvalue weighted by Crippen LogP contribution is -2.44. The van der Waals surface area contributed by atoms with E-state index in [0.717, 1.165) is 16.9 Å². The first-order valence-electron chi connectivity index (χ1n) is 8.49. The Balaban J connectivity index is 1.84. The van der Waals surface area contributed by atoms with Crippen LogP contribution < -0.4 is 15.5 Å². The smallest absolute Gasteiger partial charge is 0.246 e. The highest BCUT2D eigenvalue weighted by Crippen LogP contribution is 2.35. The zero-order chi connectivity index (χ0) is 18.0. The molecule has 1 heterocycles. The number of anilines is 2. The maximum absolute atomic E-state index is 13.0. The molecule has 0 bridgehead atoms. The Kier molecular flexibility index (Phi) is 4.74. The van der Waals surface area contributed by atoms with Crippen molar-refractivity contribution in [3.05, 3.63) is 60.2 Å². The van der Waals surface area contributed by atoms with E-state index in [-0.39, 0.29) is 30.3 Å². The van der Waals surface area contributed by atoms with E-state index < -0.39 is 0 Å². The van der Waals surface area contributed by atoms with E-state index in [9.17, 15) is 9.59 Å². The molecule has 0 aliphatic carbocycles. The number of rotatable bonds is 5. The maximum atomic E-state index is 13.0. The molecule has 130 valence electrons. The fraction of sp³-hybridized carbons (Fsp3) is 0.300. The topological polar surface area (TPSA) is 66.6 Å². The van der Waals surface area contributed by atoms with Crippen LogP contribution in [0.1, 0.15) is 25.3 Å². The number of para-hydroxylation sites is 2. The SMILES string of the molecule is CC(C)N(C(=O)CN1C[C@@H](C(N)=O)c2ccccc21)c1ccccc1. The summed E-state index contributed by atoms with van der Waals surface area (Å²) in [5.41, 5.74) is 8.23. The summed E-state index contributed by atoms with van der Waals surface area (Å²) in [6.07, 6.45) is 0. The van der Waals surface area contributed by atoms with Crippen molar-refractivity contribution < 1.29 is 9.59 Å². The Morgan fingerprint density at radius 1 is 1.12 bits per heavy atom. The van der Waals surface area contributed by atoms with E-state index in [4.69, 9.17) is 5.73 Å². The van der Waals surface area contributed by atoms with Gasteiger partial charge < -0.3 is 15.5 Å². The van der Waals surface area contributed by atoms with Crippen molar-refractivity contribution in [1.82, 2.24) is 0 Å². The van der Waals surface area contributed by atoms with Crippen LogP contribution >= 0.6 is 0 Å². The largest absolute Gasteiger partial charge is 0.369 e. The zero-order valence-electron chi connectivity index (χ0n) is 14.6. The fourth-order valence-corrected chi connectivity index (χ4v) is 3.44. The molecular formula is C20H23N3O2. The lowest BCUT2D eigenvalue weighted by atomic mass is 10.0. The van der Waals surface area contributed by atoms with Gasteiger partial charge in [-0.05, 0) is 37.6 Å². The van der Waals surface area contributed by atoms with Crippen LogP contribution in [0.2, 0.25) is 0 Å². The van der Waals surface area contributed by atoms with Gasteiger partial charge in [0.1, 0.15) is 0 Å². The normalized spacial score (nSPS) is 16.0. The lowest BCUT2D eigenvalue weighted by Gasteiger charge is -2.29. The summed E-state index contributed by atoms with van der Waals surface area (Å²) >= 11 is 0. The van der Waals surface area contributed by atoms with Gasteiger partial charge in [0.05, 0.1) is 12.5 Å². The molecule has 2 aromatic rings. The molecule has 0 spiro atoms. The van der Waals surface area contributed by atoms with Gasteiger partial charge in [-0.3, -0.25) is 9.59 Å². The molecule has 0 aromatic heterocycles. The average Bonchev–Trinajstić information content (AvgIpc) is 2.95. The molecule has 0 saturated heterocycles. The summed E-state index contributed by atoms with van der Waals surface area (Å²) in [7, 11) is 0. The number of hydrogen-bond acceptors (Lipinski definition) is 3. The maximum Gasteiger partial charge on any atom is 0.246 e. The molecule has 25 heavy (non-hydrogen) atoms. The average molecular weight is 337 g/mol. The summed E-state index contributed by atoms with van der Waals surface area (Å²) in [4.78, 5) is 28.5. The van der Waals surface area contributed by atoms with Gasteiger partial charge in [0.25, 0.3) is 0 Å². The standard InChI is InChI=1S/C20H23N3O2/c1-14(2)23(15-8-4-3-5-9-15)19(24)13-22-12-17(20(21)25)16-10-6-7-11-18(16)22/h3-11,14,17H,12-13H2,1-2H3,(H2,21,25)/t17-/m1/s1. The number of primary amides is 1. The summed E-state index contributed by atoms with van der Waals surface area (Å²) in [5, 5.41) is 0. The van der Waals surface area contributed by atoms with E-state index in [0.29, 0.717) is 6.54 Å². The molecular weight excluding hydrogens is 314 g/mol. The third kappa shape index (κ3) is 3.36. The van der Waals surface area contributed by atoms with Gasteiger partial charge >= 0.3 is 0 Å². The van der Waals surface area contributed by atoms with Gasteiger partial charge in [0, 0.05) is 24.0 Å². The Morgan fingerprint density at radius 3 is 2.40 bits per heavy atom. The number of carbonyl (C=O) groups is 2. The second-order valence-electron chi connectivity index (χ2n) is 6.59. The van der Waals surface area contributed by atoms with Crippen LogP contribution in [0.3, 0.4) is 0 Å². The van der Waals surface area contributed by atoms with Crippen molar-refractivity contribution >= 4 is 23.2 Å². The summed E-state index contributed by atoms with van der Waals surface area (Å²) in [6.45, 7) is 4.65. The Labute approximate surface area is 148 Å². The highest BCUT2D eigenvalue weighted by atomic mass is 16.2. The van der Waals surface area contributed by atoms with Gasteiger partial charge in [-0.25, -0.2) is 0 Å².